The first-order chi connectivity index (χ1) is 9.31. The van der Waals surface area contributed by atoms with Crippen molar-refractivity contribution in [3.8, 4) is 0 Å². The number of nitrogens with one attached hydrogen (secondary N) is 1. The van der Waals surface area contributed by atoms with E-state index in [1.807, 2.05) is 6.92 Å². The summed E-state index contributed by atoms with van der Waals surface area (Å²) in [6, 6.07) is 3.19. The lowest BCUT2D eigenvalue weighted by Gasteiger charge is -2.12. The monoisotopic (exact) mass is 406 g/mol. The van der Waals surface area contributed by atoms with E-state index >= 15 is 0 Å². The fourth-order valence-electron chi connectivity index (χ4n) is 1.66. The number of carboxylic acid groups (broad SMARTS) is 1. The summed E-state index contributed by atoms with van der Waals surface area (Å²) in [7, 11) is 0. The summed E-state index contributed by atoms with van der Waals surface area (Å²) < 4.78 is 1.14. The van der Waals surface area contributed by atoms with Crippen LogP contribution in [0.5, 0.6) is 0 Å². The van der Waals surface area contributed by atoms with E-state index in [0.717, 1.165) is 6.42 Å². The lowest BCUT2D eigenvalue weighted by atomic mass is 10.1. The van der Waals surface area contributed by atoms with Gasteiger partial charge in [-0.1, -0.05) is 15.9 Å². The molecule has 0 bridgehead atoms. The second kappa shape index (κ2) is 7.75. The van der Waals surface area contributed by atoms with Crippen molar-refractivity contribution in [1.29, 1.82) is 0 Å². The number of hydrogen-bond donors (Lipinski definition) is 3. The second-order valence-corrected chi connectivity index (χ2v) is 6.30. The van der Waals surface area contributed by atoms with E-state index in [1.54, 1.807) is 6.07 Å². The Morgan fingerprint density at radius 3 is 2.60 bits per heavy atom. The van der Waals surface area contributed by atoms with Crippen LogP contribution in [0.1, 0.15) is 36.5 Å². The van der Waals surface area contributed by atoms with Gasteiger partial charge in [0.1, 0.15) is 0 Å². The highest BCUT2D eigenvalue weighted by Gasteiger charge is 2.16. The molecule has 4 N–H and O–H groups in total. The molecule has 1 unspecified atom stereocenters. The van der Waals surface area contributed by atoms with Crippen molar-refractivity contribution in [2.24, 2.45) is 5.73 Å². The number of aromatic carboxylic acids is 1. The number of amides is 1. The van der Waals surface area contributed by atoms with E-state index in [-0.39, 0.29) is 23.2 Å². The molecule has 0 aliphatic heterocycles. The average molecular weight is 408 g/mol. The molecular formula is C13H16Br2N2O3. The Balaban J connectivity index is 2.81. The smallest absolute Gasteiger partial charge is 0.337 e. The minimum Gasteiger partial charge on any atom is -0.478 e. The van der Waals surface area contributed by atoms with Crippen molar-refractivity contribution in [2.75, 3.05) is 5.32 Å². The summed E-state index contributed by atoms with van der Waals surface area (Å²) in [5.41, 5.74) is 5.92. The van der Waals surface area contributed by atoms with Crippen molar-refractivity contribution in [3.05, 3.63) is 26.6 Å². The van der Waals surface area contributed by atoms with Crippen molar-refractivity contribution in [3.63, 3.8) is 0 Å². The highest BCUT2D eigenvalue weighted by Crippen LogP contribution is 2.31. The molecule has 0 aromatic heterocycles. The van der Waals surface area contributed by atoms with Gasteiger partial charge >= 0.3 is 5.97 Å². The molecule has 1 aromatic rings. The lowest BCUT2D eigenvalue weighted by Crippen LogP contribution is -2.18. The third-order valence-corrected chi connectivity index (χ3v) is 3.70. The first kappa shape index (κ1) is 17.1. The summed E-state index contributed by atoms with van der Waals surface area (Å²) in [5.74, 6) is -1.32. The van der Waals surface area contributed by atoms with Gasteiger partial charge in [-0.05, 0) is 47.8 Å². The zero-order valence-electron chi connectivity index (χ0n) is 11.0. The number of nitrogens with two attached hydrogens (primary N) is 1. The highest BCUT2D eigenvalue weighted by atomic mass is 79.9. The van der Waals surface area contributed by atoms with Gasteiger partial charge in [-0.15, -0.1) is 0 Å². The molecule has 1 amide bonds. The van der Waals surface area contributed by atoms with Gasteiger partial charge in [0.15, 0.2) is 0 Å². The van der Waals surface area contributed by atoms with E-state index in [9.17, 15) is 9.59 Å². The molecule has 0 aliphatic carbocycles. The second-order valence-electron chi connectivity index (χ2n) is 4.53. The fourth-order valence-corrected chi connectivity index (χ4v) is 2.98. The van der Waals surface area contributed by atoms with Crippen LogP contribution in [0.25, 0.3) is 0 Å². The van der Waals surface area contributed by atoms with Gasteiger partial charge in [0.05, 0.1) is 11.3 Å². The Hall–Kier alpha value is -0.920. The number of anilines is 1. The van der Waals surface area contributed by atoms with E-state index in [2.05, 4.69) is 37.2 Å². The highest BCUT2D eigenvalue weighted by molar-refractivity contribution is 9.11. The SMILES string of the molecule is CC(N)CCCC(=O)Nc1c(Br)cc(Br)cc1C(=O)O. The third-order valence-electron chi connectivity index (χ3n) is 2.61. The van der Waals surface area contributed by atoms with Crippen molar-refractivity contribution in [1.82, 2.24) is 0 Å². The van der Waals surface area contributed by atoms with Crippen LogP contribution in [0.4, 0.5) is 5.69 Å². The van der Waals surface area contributed by atoms with Gasteiger partial charge in [0.25, 0.3) is 0 Å². The molecule has 0 fully saturated rings. The van der Waals surface area contributed by atoms with Crippen LogP contribution in [0.3, 0.4) is 0 Å². The first-order valence-electron chi connectivity index (χ1n) is 6.09. The standard InChI is InChI=1S/C13H16Br2N2O3/c1-7(16)3-2-4-11(18)17-12-9(13(19)20)5-8(14)6-10(12)15/h5-7H,2-4,16H2,1H3,(H,17,18)(H,19,20). The average Bonchev–Trinajstić information content (AvgIpc) is 2.31. The topological polar surface area (TPSA) is 92.4 Å². The molecule has 0 spiro atoms. The molecule has 1 rings (SSSR count). The Kier molecular flexibility index (Phi) is 6.64. The van der Waals surface area contributed by atoms with Crippen LogP contribution < -0.4 is 11.1 Å². The molecule has 110 valence electrons. The quantitative estimate of drug-likeness (QED) is 0.673. The summed E-state index contributed by atoms with van der Waals surface area (Å²) >= 11 is 6.48. The minimum atomic E-state index is -1.10. The summed E-state index contributed by atoms with van der Waals surface area (Å²) in [4.78, 5) is 23.0. The summed E-state index contributed by atoms with van der Waals surface area (Å²) in [6.45, 7) is 1.88. The summed E-state index contributed by atoms with van der Waals surface area (Å²) in [5, 5.41) is 11.8. The van der Waals surface area contributed by atoms with E-state index < -0.39 is 5.97 Å². The van der Waals surface area contributed by atoms with E-state index in [4.69, 9.17) is 10.8 Å². The normalized spacial score (nSPS) is 12.0. The van der Waals surface area contributed by atoms with Crippen LogP contribution in [-0.2, 0) is 4.79 Å². The number of benzene rings is 1. The molecule has 7 heteroatoms. The Bertz CT molecular complexity index is 519. The molecule has 0 radical (unpaired) electrons. The van der Waals surface area contributed by atoms with Crippen LogP contribution in [0.15, 0.2) is 21.1 Å². The van der Waals surface area contributed by atoms with Gasteiger partial charge < -0.3 is 16.2 Å². The van der Waals surface area contributed by atoms with Crippen molar-refractivity contribution in [2.45, 2.75) is 32.2 Å². The molecule has 1 aromatic carbocycles. The zero-order chi connectivity index (χ0) is 15.3. The summed E-state index contributed by atoms with van der Waals surface area (Å²) in [6.07, 6.45) is 1.73. The van der Waals surface area contributed by atoms with Gasteiger partial charge in [0.2, 0.25) is 5.91 Å². The predicted octanol–water partition coefficient (Wildman–Crippen LogP) is 3.37. The number of rotatable bonds is 6. The molecule has 1 atom stereocenters. The van der Waals surface area contributed by atoms with Crippen LogP contribution >= 0.6 is 31.9 Å². The number of hydrogen-bond acceptors (Lipinski definition) is 3. The van der Waals surface area contributed by atoms with Gasteiger partial charge in [0, 0.05) is 21.4 Å². The largest absolute Gasteiger partial charge is 0.478 e. The number of carbonyl (C=O) groups excluding carboxylic acids is 1. The van der Waals surface area contributed by atoms with Gasteiger partial charge in [-0.25, -0.2) is 4.79 Å². The van der Waals surface area contributed by atoms with Crippen molar-refractivity contribution >= 4 is 49.4 Å². The Labute approximate surface area is 134 Å². The Morgan fingerprint density at radius 2 is 2.05 bits per heavy atom. The maximum Gasteiger partial charge on any atom is 0.337 e. The van der Waals surface area contributed by atoms with Gasteiger partial charge in [-0.2, -0.15) is 0 Å². The van der Waals surface area contributed by atoms with Crippen molar-refractivity contribution < 1.29 is 14.7 Å². The van der Waals surface area contributed by atoms with Crippen LogP contribution in [-0.4, -0.2) is 23.0 Å². The minimum absolute atomic E-state index is 0.0341. The number of carbonyl (C=O) groups is 2. The Morgan fingerprint density at radius 1 is 1.40 bits per heavy atom. The fraction of sp³-hybridized carbons (Fsp3) is 0.385. The van der Waals surface area contributed by atoms with E-state index in [0.29, 0.717) is 21.8 Å². The molecular weight excluding hydrogens is 392 g/mol. The molecule has 0 saturated carbocycles. The molecule has 0 saturated heterocycles. The van der Waals surface area contributed by atoms with Crippen LogP contribution in [0.2, 0.25) is 0 Å². The van der Waals surface area contributed by atoms with Crippen LogP contribution in [0, 0.1) is 0 Å². The maximum absolute atomic E-state index is 11.8. The predicted molar refractivity (Wildman–Crippen MR) is 84.9 cm³/mol. The first-order valence-corrected chi connectivity index (χ1v) is 7.67. The molecule has 0 heterocycles. The number of carboxylic acids is 1. The number of halogens is 2. The lowest BCUT2D eigenvalue weighted by molar-refractivity contribution is -0.116. The molecule has 5 nitrogen and oxygen atoms in total. The maximum atomic E-state index is 11.8. The zero-order valence-corrected chi connectivity index (χ0v) is 14.1. The molecule has 0 aliphatic rings. The molecule has 20 heavy (non-hydrogen) atoms. The van der Waals surface area contributed by atoms with Gasteiger partial charge in [-0.3, -0.25) is 4.79 Å². The third kappa shape index (κ3) is 5.22. The van der Waals surface area contributed by atoms with E-state index in [1.165, 1.54) is 6.07 Å².